The van der Waals surface area contributed by atoms with Crippen molar-refractivity contribution in [1.82, 2.24) is 4.98 Å². The van der Waals surface area contributed by atoms with Crippen LogP contribution in [0, 0.1) is 0 Å². The van der Waals surface area contributed by atoms with Crippen molar-refractivity contribution in [3.8, 4) is 0 Å². The third-order valence-corrected chi connectivity index (χ3v) is 2.23. The number of nitrogens with two attached hydrogens (primary N) is 1. The Labute approximate surface area is 114 Å². The molecule has 0 bridgehead atoms. The molecule has 112 valence electrons. The van der Waals surface area contributed by atoms with Crippen molar-refractivity contribution < 1.29 is 22.7 Å². The molecule has 0 spiro atoms. The number of nitrogen functional groups attached to an aromatic ring is 1. The number of ether oxygens (including phenoxy) is 1. The van der Waals surface area contributed by atoms with E-state index < -0.39 is 29.3 Å². The number of aromatic nitrogens is 1. The topological polar surface area (TPSA) is 68.5 Å². The van der Waals surface area contributed by atoms with E-state index in [-0.39, 0.29) is 5.69 Å². The first-order valence-electron chi connectivity index (χ1n) is 5.72. The Hall–Kier alpha value is -1.99. The van der Waals surface area contributed by atoms with E-state index in [0.717, 1.165) is 13.2 Å². The maximum Gasteiger partial charge on any atom is 0.435 e. The summed E-state index contributed by atoms with van der Waals surface area (Å²) in [5.41, 5.74) is 2.74. The van der Waals surface area contributed by atoms with E-state index in [9.17, 15) is 18.0 Å². The summed E-state index contributed by atoms with van der Waals surface area (Å²) in [6.45, 7) is 4.82. The molecule has 1 aromatic heterocycles. The van der Waals surface area contributed by atoms with Crippen molar-refractivity contribution in [2.75, 3.05) is 17.7 Å². The molecule has 1 aromatic rings. The van der Waals surface area contributed by atoms with Gasteiger partial charge in [-0.25, -0.2) is 9.78 Å². The lowest BCUT2D eigenvalue weighted by Gasteiger charge is -2.26. The zero-order chi connectivity index (χ0) is 15.7. The number of anilines is 2. The number of amides is 1. The highest BCUT2D eigenvalue weighted by Gasteiger charge is 2.39. The van der Waals surface area contributed by atoms with Crippen LogP contribution in [-0.2, 0) is 10.9 Å². The summed E-state index contributed by atoms with van der Waals surface area (Å²) in [7, 11) is 1.15. The largest absolute Gasteiger partial charge is 0.443 e. The molecule has 0 aliphatic rings. The van der Waals surface area contributed by atoms with Gasteiger partial charge in [-0.1, -0.05) is 0 Å². The number of carbonyl (C=O) groups is 1. The second kappa shape index (κ2) is 5.18. The number of halogens is 3. The number of hydrogen-bond acceptors (Lipinski definition) is 4. The normalized spacial score (nSPS) is 12.2. The molecule has 0 radical (unpaired) electrons. The monoisotopic (exact) mass is 291 g/mol. The van der Waals surface area contributed by atoms with Crippen molar-refractivity contribution in [2.24, 2.45) is 0 Å². The quantitative estimate of drug-likeness (QED) is 0.863. The Morgan fingerprint density at radius 3 is 2.35 bits per heavy atom. The second-order valence-electron chi connectivity index (χ2n) is 5.13. The van der Waals surface area contributed by atoms with Crippen LogP contribution < -0.4 is 10.6 Å². The molecule has 0 aromatic carbocycles. The number of nitrogens with zero attached hydrogens (tertiary/aromatic N) is 2. The van der Waals surface area contributed by atoms with Gasteiger partial charge in [0.1, 0.15) is 11.3 Å². The highest BCUT2D eigenvalue weighted by molar-refractivity contribution is 5.92. The van der Waals surface area contributed by atoms with Gasteiger partial charge in [0, 0.05) is 13.2 Å². The van der Waals surface area contributed by atoms with Crippen molar-refractivity contribution in [2.45, 2.75) is 32.5 Å². The van der Waals surface area contributed by atoms with Crippen LogP contribution in [0.2, 0.25) is 0 Å². The summed E-state index contributed by atoms with van der Waals surface area (Å²) >= 11 is 0. The van der Waals surface area contributed by atoms with Gasteiger partial charge in [0.05, 0.1) is 5.69 Å². The minimum Gasteiger partial charge on any atom is -0.443 e. The summed E-state index contributed by atoms with van der Waals surface area (Å²) in [4.78, 5) is 15.8. The first-order valence-corrected chi connectivity index (χ1v) is 5.72. The molecule has 0 saturated carbocycles. The average Bonchev–Trinajstić information content (AvgIpc) is 2.24. The maximum atomic E-state index is 12.9. The molecule has 1 amide bonds. The van der Waals surface area contributed by atoms with E-state index in [1.165, 1.54) is 6.07 Å². The maximum absolute atomic E-state index is 12.9. The molecule has 0 unspecified atom stereocenters. The number of alkyl halides is 3. The van der Waals surface area contributed by atoms with E-state index >= 15 is 0 Å². The summed E-state index contributed by atoms with van der Waals surface area (Å²) < 4.78 is 43.7. The van der Waals surface area contributed by atoms with E-state index in [4.69, 9.17) is 10.5 Å². The van der Waals surface area contributed by atoms with E-state index in [1.807, 2.05) is 0 Å². The van der Waals surface area contributed by atoms with Gasteiger partial charge in [-0.2, -0.15) is 13.2 Å². The minimum absolute atomic E-state index is 0.208. The van der Waals surface area contributed by atoms with Gasteiger partial charge in [0.15, 0.2) is 5.69 Å². The van der Waals surface area contributed by atoms with Gasteiger partial charge in [0.25, 0.3) is 0 Å². The zero-order valence-electron chi connectivity index (χ0n) is 11.6. The zero-order valence-corrected chi connectivity index (χ0v) is 11.6. The van der Waals surface area contributed by atoms with Crippen LogP contribution in [0.25, 0.3) is 0 Å². The molecule has 0 saturated heterocycles. The molecular weight excluding hydrogens is 275 g/mol. The Bertz CT molecular complexity index is 510. The van der Waals surface area contributed by atoms with E-state index in [2.05, 4.69) is 4.98 Å². The molecule has 20 heavy (non-hydrogen) atoms. The summed E-state index contributed by atoms with van der Waals surface area (Å²) in [5.74, 6) is 0. The lowest BCUT2D eigenvalue weighted by atomic mass is 10.2. The predicted octanol–water partition coefficient (Wildman–Crippen LogP) is 3.05. The lowest BCUT2D eigenvalue weighted by molar-refractivity contribution is -0.140. The average molecular weight is 291 g/mol. The second-order valence-corrected chi connectivity index (χ2v) is 5.13. The van der Waals surface area contributed by atoms with Gasteiger partial charge in [-0.3, -0.25) is 4.90 Å². The van der Waals surface area contributed by atoms with Crippen molar-refractivity contribution in [3.05, 3.63) is 18.0 Å². The number of pyridine rings is 1. The first kappa shape index (κ1) is 16.1. The van der Waals surface area contributed by atoms with E-state index in [0.29, 0.717) is 4.90 Å². The van der Waals surface area contributed by atoms with Crippen molar-refractivity contribution in [1.29, 1.82) is 0 Å². The highest BCUT2D eigenvalue weighted by atomic mass is 19.4. The Balaban J connectivity index is 3.22. The fraction of sp³-hybridized carbons (Fsp3) is 0.500. The van der Waals surface area contributed by atoms with E-state index in [1.54, 1.807) is 20.8 Å². The summed E-state index contributed by atoms with van der Waals surface area (Å²) in [6.07, 6.45) is -4.73. The Morgan fingerprint density at radius 1 is 1.35 bits per heavy atom. The van der Waals surface area contributed by atoms with Crippen LogP contribution in [0.1, 0.15) is 26.5 Å². The van der Waals surface area contributed by atoms with Crippen LogP contribution in [0.5, 0.6) is 0 Å². The fourth-order valence-corrected chi connectivity index (χ4v) is 1.45. The molecule has 1 rings (SSSR count). The SMILES string of the molecule is CN(C(=O)OC(C)(C)C)c1c(N)ccnc1C(F)(F)F. The number of carbonyl (C=O) groups excluding carboxylic acids is 1. The van der Waals surface area contributed by atoms with Gasteiger partial charge >= 0.3 is 12.3 Å². The van der Waals surface area contributed by atoms with Crippen molar-refractivity contribution in [3.63, 3.8) is 0 Å². The number of hydrogen-bond donors (Lipinski definition) is 1. The summed E-state index contributed by atoms with van der Waals surface area (Å²) in [5, 5.41) is 0. The summed E-state index contributed by atoms with van der Waals surface area (Å²) in [6, 6.07) is 1.19. The van der Waals surface area contributed by atoms with Crippen LogP contribution in [-0.4, -0.2) is 23.7 Å². The molecule has 1 heterocycles. The third-order valence-electron chi connectivity index (χ3n) is 2.23. The third kappa shape index (κ3) is 3.75. The van der Waals surface area contributed by atoms with Crippen LogP contribution in [0.3, 0.4) is 0 Å². The molecule has 0 fully saturated rings. The van der Waals surface area contributed by atoms with Gasteiger partial charge in [-0.05, 0) is 26.8 Å². The molecule has 5 nitrogen and oxygen atoms in total. The lowest BCUT2D eigenvalue weighted by Crippen LogP contribution is -2.35. The number of rotatable bonds is 1. The van der Waals surface area contributed by atoms with Gasteiger partial charge < -0.3 is 10.5 Å². The molecule has 0 aliphatic heterocycles. The molecule has 0 atom stereocenters. The van der Waals surface area contributed by atoms with Crippen LogP contribution >= 0.6 is 0 Å². The van der Waals surface area contributed by atoms with Gasteiger partial charge in [-0.15, -0.1) is 0 Å². The molecular formula is C12H16F3N3O2. The van der Waals surface area contributed by atoms with Crippen LogP contribution in [0.15, 0.2) is 12.3 Å². The van der Waals surface area contributed by atoms with Gasteiger partial charge in [0.2, 0.25) is 0 Å². The Kier molecular flexibility index (Phi) is 4.16. The molecule has 2 N–H and O–H groups in total. The smallest absolute Gasteiger partial charge is 0.435 e. The Morgan fingerprint density at radius 2 is 1.90 bits per heavy atom. The standard InChI is InChI=1S/C12H16F3N3O2/c1-11(2,3)20-10(19)18(4)8-7(16)5-6-17-9(8)12(13,14)15/h5-6H,1-4H3,(H2,16,17). The van der Waals surface area contributed by atoms with Crippen molar-refractivity contribution >= 4 is 17.5 Å². The first-order chi connectivity index (χ1) is 8.93. The molecule has 0 aliphatic carbocycles. The highest BCUT2D eigenvalue weighted by Crippen LogP contribution is 2.38. The predicted molar refractivity (Wildman–Crippen MR) is 68.3 cm³/mol. The fourth-order valence-electron chi connectivity index (χ4n) is 1.45. The van der Waals surface area contributed by atoms with Crippen LogP contribution in [0.4, 0.5) is 29.3 Å². The molecule has 8 heteroatoms. The minimum atomic E-state index is -4.72.